The number of rotatable bonds is 1. The maximum absolute atomic E-state index is 3.97. The lowest BCUT2D eigenvalue weighted by atomic mass is 10.1. The molecule has 0 aliphatic heterocycles. The van der Waals surface area contributed by atoms with E-state index in [2.05, 4.69) is 17.1 Å². The van der Waals surface area contributed by atoms with Crippen LogP contribution in [0.1, 0.15) is 0 Å². The summed E-state index contributed by atoms with van der Waals surface area (Å²) in [6, 6.07) is 14.3. The second-order valence-corrected chi connectivity index (χ2v) is 2.60. The second-order valence-electron chi connectivity index (χ2n) is 2.60. The molecule has 0 aliphatic rings. The molecule has 1 nitrogen and oxygen atoms in total. The molecule has 1 heterocycles. The summed E-state index contributed by atoms with van der Waals surface area (Å²) >= 11 is 0. The van der Waals surface area contributed by atoms with Crippen LogP contribution < -0.4 is 0 Å². The lowest BCUT2D eigenvalue weighted by Crippen LogP contribution is -1.76. The van der Waals surface area contributed by atoms with Crippen LogP contribution in [0.15, 0.2) is 54.9 Å². The number of pyridine rings is 1. The highest BCUT2D eigenvalue weighted by Crippen LogP contribution is 2.16. The molecule has 0 spiro atoms. The summed E-state index contributed by atoms with van der Waals surface area (Å²) in [6.45, 7) is 0. The largest absolute Gasteiger partial charge is 0.265 e. The van der Waals surface area contributed by atoms with Crippen LogP contribution in [0.4, 0.5) is 0 Å². The van der Waals surface area contributed by atoms with Crippen molar-refractivity contribution in [2.75, 3.05) is 0 Å². The van der Waals surface area contributed by atoms with Gasteiger partial charge in [-0.2, -0.15) is 0 Å². The molecule has 2 rings (SSSR count). The van der Waals surface area contributed by atoms with Gasteiger partial charge in [-0.05, 0) is 23.3 Å². The number of benzene rings is 1. The maximum atomic E-state index is 3.97. The van der Waals surface area contributed by atoms with Gasteiger partial charge >= 0.3 is 0 Å². The Kier molecular flexibility index (Phi) is 3.47. The predicted molar refractivity (Wildman–Crippen MR) is 56.9 cm³/mol. The van der Waals surface area contributed by atoms with Gasteiger partial charge in [0.1, 0.15) is 0 Å². The van der Waals surface area contributed by atoms with Crippen molar-refractivity contribution in [1.82, 2.24) is 4.98 Å². The van der Waals surface area contributed by atoms with Crippen molar-refractivity contribution in [3.05, 3.63) is 54.9 Å². The first-order valence-corrected chi connectivity index (χ1v) is 3.92. The fraction of sp³-hybridized carbons (Fsp3) is 0. The van der Waals surface area contributed by atoms with E-state index in [1.165, 1.54) is 11.1 Å². The Hall–Kier alpha value is -1.34. The Bertz CT molecular complexity index is 307. The minimum absolute atomic E-state index is 0. The van der Waals surface area contributed by atoms with Crippen molar-refractivity contribution in [3.8, 4) is 11.1 Å². The van der Waals surface area contributed by atoms with Gasteiger partial charge in [0.2, 0.25) is 0 Å². The number of aromatic nitrogens is 1. The van der Waals surface area contributed by atoms with Crippen molar-refractivity contribution in [2.24, 2.45) is 0 Å². The monoisotopic (exact) mass is 191 g/mol. The quantitative estimate of drug-likeness (QED) is 0.675. The fourth-order valence-electron chi connectivity index (χ4n) is 1.17. The summed E-state index contributed by atoms with van der Waals surface area (Å²) in [5.41, 5.74) is 2.45. The predicted octanol–water partition coefficient (Wildman–Crippen LogP) is 3.17. The first kappa shape index (κ1) is 9.75. The number of halogens is 1. The van der Waals surface area contributed by atoms with Crippen LogP contribution >= 0.6 is 12.4 Å². The van der Waals surface area contributed by atoms with Crippen LogP contribution in [0.5, 0.6) is 0 Å². The molecule has 1 aromatic heterocycles. The molecule has 2 heteroatoms. The lowest BCUT2D eigenvalue weighted by Gasteiger charge is -1.98. The van der Waals surface area contributed by atoms with Crippen LogP contribution in [0.2, 0.25) is 0 Å². The van der Waals surface area contributed by atoms with E-state index in [0.29, 0.717) is 0 Å². The van der Waals surface area contributed by atoms with Gasteiger partial charge < -0.3 is 0 Å². The van der Waals surface area contributed by atoms with E-state index >= 15 is 0 Å². The highest BCUT2D eigenvalue weighted by atomic mass is 35.5. The topological polar surface area (TPSA) is 12.9 Å². The van der Waals surface area contributed by atoms with E-state index < -0.39 is 0 Å². The summed E-state index contributed by atoms with van der Waals surface area (Å²) in [5, 5.41) is 0. The van der Waals surface area contributed by atoms with E-state index in [-0.39, 0.29) is 12.4 Å². The highest BCUT2D eigenvalue weighted by molar-refractivity contribution is 5.85. The average Bonchev–Trinajstić information content (AvgIpc) is 2.21. The van der Waals surface area contributed by atoms with Gasteiger partial charge in [-0.15, -0.1) is 12.4 Å². The molecular weight excluding hydrogens is 182 g/mol. The van der Waals surface area contributed by atoms with Gasteiger partial charge in [-0.3, -0.25) is 4.98 Å². The van der Waals surface area contributed by atoms with E-state index in [1.54, 1.807) is 0 Å². The van der Waals surface area contributed by atoms with Gasteiger partial charge in [-0.25, -0.2) is 0 Å². The summed E-state index contributed by atoms with van der Waals surface area (Å²) in [5.74, 6) is 0. The smallest absolute Gasteiger partial charge is 0.0273 e. The number of hydrogen-bond donors (Lipinski definition) is 0. The van der Waals surface area contributed by atoms with E-state index in [4.69, 9.17) is 0 Å². The zero-order valence-corrected chi connectivity index (χ0v) is 7.87. The Balaban J connectivity index is 0.000000845. The lowest BCUT2D eigenvalue weighted by molar-refractivity contribution is 1.33. The highest BCUT2D eigenvalue weighted by Gasteiger charge is 1.92. The van der Waals surface area contributed by atoms with Crippen LogP contribution in [-0.4, -0.2) is 4.98 Å². The van der Waals surface area contributed by atoms with Crippen LogP contribution in [0.3, 0.4) is 0 Å². The Morgan fingerprint density at radius 1 is 0.692 bits per heavy atom. The molecule has 0 atom stereocenters. The van der Waals surface area contributed by atoms with E-state index in [1.807, 2.05) is 42.7 Å². The first-order valence-electron chi connectivity index (χ1n) is 3.92. The van der Waals surface area contributed by atoms with E-state index in [0.717, 1.165) is 0 Å². The zero-order valence-electron chi connectivity index (χ0n) is 7.05. The van der Waals surface area contributed by atoms with Crippen LogP contribution in [0.25, 0.3) is 11.1 Å². The first-order chi connectivity index (χ1) is 5.97. The molecule has 13 heavy (non-hydrogen) atoms. The molecule has 2 aromatic rings. The standard InChI is InChI=1S/C11H9N.ClH/c1-2-4-10(5-3-1)11-6-8-12-9-7-11;/h1-9H;1H. The molecule has 0 aliphatic carbocycles. The Morgan fingerprint density at radius 2 is 1.23 bits per heavy atom. The normalized spacial score (nSPS) is 8.92. The van der Waals surface area contributed by atoms with Gasteiger partial charge in [-0.1, -0.05) is 30.3 Å². The Labute approximate surface area is 83.9 Å². The minimum atomic E-state index is 0. The van der Waals surface area contributed by atoms with Gasteiger partial charge in [0.15, 0.2) is 0 Å². The molecule has 0 amide bonds. The van der Waals surface area contributed by atoms with Gasteiger partial charge in [0, 0.05) is 12.4 Å². The van der Waals surface area contributed by atoms with Crippen molar-refractivity contribution in [1.29, 1.82) is 0 Å². The maximum Gasteiger partial charge on any atom is 0.0273 e. The number of hydrogen-bond acceptors (Lipinski definition) is 1. The zero-order chi connectivity index (χ0) is 8.23. The molecule has 1 aromatic carbocycles. The molecule has 0 N–H and O–H groups in total. The van der Waals surface area contributed by atoms with Crippen molar-refractivity contribution in [2.45, 2.75) is 0 Å². The molecule has 66 valence electrons. The van der Waals surface area contributed by atoms with Gasteiger partial charge in [0.25, 0.3) is 0 Å². The van der Waals surface area contributed by atoms with Crippen LogP contribution in [0, 0.1) is 0 Å². The van der Waals surface area contributed by atoms with Crippen LogP contribution in [-0.2, 0) is 0 Å². The SMILES string of the molecule is Cl.c1ccc(-c2ccncc2)cc1. The molecular formula is C11H10ClN. The average molecular weight is 192 g/mol. The Morgan fingerprint density at radius 3 is 1.85 bits per heavy atom. The fourth-order valence-corrected chi connectivity index (χ4v) is 1.17. The third kappa shape index (κ3) is 2.30. The summed E-state index contributed by atoms with van der Waals surface area (Å²) in [7, 11) is 0. The van der Waals surface area contributed by atoms with Crippen molar-refractivity contribution < 1.29 is 0 Å². The molecule has 0 saturated carbocycles. The minimum Gasteiger partial charge on any atom is -0.265 e. The number of nitrogens with zero attached hydrogens (tertiary/aromatic N) is 1. The summed E-state index contributed by atoms with van der Waals surface area (Å²) in [4.78, 5) is 3.97. The molecule has 0 bridgehead atoms. The molecule has 0 unspecified atom stereocenters. The third-order valence-corrected chi connectivity index (χ3v) is 1.79. The van der Waals surface area contributed by atoms with E-state index in [9.17, 15) is 0 Å². The second kappa shape index (κ2) is 4.63. The third-order valence-electron chi connectivity index (χ3n) is 1.79. The van der Waals surface area contributed by atoms with Crippen molar-refractivity contribution >= 4 is 12.4 Å². The molecule has 0 radical (unpaired) electrons. The molecule has 0 fully saturated rings. The van der Waals surface area contributed by atoms with Crippen molar-refractivity contribution in [3.63, 3.8) is 0 Å². The molecule has 0 saturated heterocycles. The van der Waals surface area contributed by atoms with Gasteiger partial charge in [0.05, 0.1) is 0 Å². The summed E-state index contributed by atoms with van der Waals surface area (Å²) in [6.07, 6.45) is 3.62. The summed E-state index contributed by atoms with van der Waals surface area (Å²) < 4.78 is 0.